The maximum atomic E-state index is 12.0. The molecular weight excluding hydrogens is 316 g/mol. The summed E-state index contributed by atoms with van der Waals surface area (Å²) in [5.41, 5.74) is 1.02. The quantitative estimate of drug-likeness (QED) is 0.611. The third kappa shape index (κ3) is 5.57. The average molecular weight is 337 g/mol. The first-order chi connectivity index (χ1) is 10.7. The molecule has 0 aliphatic carbocycles. The monoisotopic (exact) mass is 336 g/mol. The van der Waals surface area contributed by atoms with Gasteiger partial charge in [0.15, 0.2) is 0 Å². The molecule has 0 aliphatic heterocycles. The van der Waals surface area contributed by atoms with Gasteiger partial charge in [0.2, 0.25) is 0 Å². The van der Waals surface area contributed by atoms with E-state index >= 15 is 0 Å². The molecule has 0 bridgehead atoms. The number of halogens is 1. The number of allylic oxidation sites excluding steroid dienone is 1. The van der Waals surface area contributed by atoms with Crippen molar-refractivity contribution in [1.29, 1.82) is 0 Å². The zero-order chi connectivity index (χ0) is 17.6. The Morgan fingerprint density at radius 2 is 1.74 bits per heavy atom. The first kappa shape index (κ1) is 19.0. The fourth-order valence-corrected chi connectivity index (χ4v) is 2.04. The first-order valence-electron chi connectivity index (χ1n) is 7.14. The van der Waals surface area contributed by atoms with Crippen molar-refractivity contribution >= 4 is 35.2 Å². The number of carbonyl (C=O) groups excluding carboxylic acids is 2. The van der Waals surface area contributed by atoms with E-state index < -0.39 is 17.5 Å². The van der Waals surface area contributed by atoms with Crippen LogP contribution in [0.4, 0.5) is 0 Å². The highest BCUT2D eigenvalue weighted by atomic mass is 35.5. The van der Waals surface area contributed by atoms with Crippen LogP contribution in [0.1, 0.15) is 38.8 Å². The maximum Gasteiger partial charge on any atom is 0.350 e. The normalized spacial score (nSPS) is 12.8. The van der Waals surface area contributed by atoms with E-state index in [9.17, 15) is 9.59 Å². The Balaban J connectivity index is 3.22. The van der Waals surface area contributed by atoms with E-state index in [2.05, 4.69) is 0 Å². The van der Waals surface area contributed by atoms with Crippen molar-refractivity contribution in [2.75, 3.05) is 7.11 Å². The van der Waals surface area contributed by atoms with Crippen LogP contribution in [0, 0.1) is 0 Å². The summed E-state index contributed by atoms with van der Waals surface area (Å²) in [6.07, 6.45) is 3.14. The van der Waals surface area contributed by atoms with Gasteiger partial charge in [0, 0.05) is 0 Å². The van der Waals surface area contributed by atoms with Crippen molar-refractivity contribution in [2.45, 2.75) is 33.3 Å². The van der Waals surface area contributed by atoms with Crippen LogP contribution in [0.2, 0.25) is 0 Å². The molecular formula is C18H21ClO4. The summed E-state index contributed by atoms with van der Waals surface area (Å²) >= 11 is 6.06. The number of benzene rings is 1. The van der Waals surface area contributed by atoms with Gasteiger partial charge < -0.3 is 9.47 Å². The van der Waals surface area contributed by atoms with E-state index in [0.29, 0.717) is 16.7 Å². The zero-order valence-corrected chi connectivity index (χ0v) is 14.7. The van der Waals surface area contributed by atoms with Crippen LogP contribution in [0.5, 0.6) is 0 Å². The molecule has 0 unspecified atom stereocenters. The molecule has 4 nitrogen and oxygen atoms in total. The maximum absolute atomic E-state index is 12.0. The van der Waals surface area contributed by atoms with Gasteiger partial charge >= 0.3 is 11.9 Å². The molecule has 23 heavy (non-hydrogen) atoms. The Labute approximate surface area is 141 Å². The van der Waals surface area contributed by atoms with E-state index in [1.54, 1.807) is 58.0 Å². The molecule has 1 rings (SSSR count). The standard InChI is InChI=1S/C18H21ClO4/c1-6-13(16(20)22-5)14-10-8-7-9-12(14)11-15(19)17(21)23-18(2,3)4/h6-11H,1-5H3. The number of rotatable bonds is 4. The molecule has 0 aliphatic rings. The number of esters is 2. The lowest BCUT2D eigenvalue weighted by Gasteiger charge is -2.19. The number of ether oxygens (including phenoxy) is 2. The van der Waals surface area contributed by atoms with E-state index in [0.717, 1.165) is 0 Å². The lowest BCUT2D eigenvalue weighted by atomic mass is 9.99. The molecule has 0 saturated heterocycles. The first-order valence-corrected chi connectivity index (χ1v) is 7.52. The van der Waals surface area contributed by atoms with Crippen molar-refractivity contribution in [3.8, 4) is 0 Å². The summed E-state index contributed by atoms with van der Waals surface area (Å²) < 4.78 is 10.0. The third-order valence-corrected chi connectivity index (χ3v) is 3.08. The van der Waals surface area contributed by atoms with Crippen molar-refractivity contribution < 1.29 is 19.1 Å². The summed E-state index contributed by atoms with van der Waals surface area (Å²) in [5, 5.41) is -0.0623. The molecule has 5 heteroatoms. The van der Waals surface area contributed by atoms with Gasteiger partial charge in [0.25, 0.3) is 0 Å². The average Bonchev–Trinajstić information content (AvgIpc) is 2.47. The second-order valence-electron chi connectivity index (χ2n) is 5.78. The minimum Gasteiger partial charge on any atom is -0.465 e. The van der Waals surface area contributed by atoms with Gasteiger partial charge in [0.1, 0.15) is 10.6 Å². The summed E-state index contributed by atoms with van der Waals surface area (Å²) in [4.78, 5) is 23.8. The molecule has 0 heterocycles. The van der Waals surface area contributed by atoms with E-state index in [1.807, 2.05) is 0 Å². The summed E-state index contributed by atoms with van der Waals surface area (Å²) in [7, 11) is 1.32. The second-order valence-corrected chi connectivity index (χ2v) is 6.18. The van der Waals surface area contributed by atoms with Crippen molar-refractivity contribution in [3.05, 3.63) is 46.5 Å². The summed E-state index contributed by atoms with van der Waals surface area (Å²) in [6.45, 7) is 7.02. The predicted octanol–water partition coefficient (Wildman–Crippen LogP) is 4.18. The molecule has 1 aromatic carbocycles. The Hall–Kier alpha value is -2.07. The van der Waals surface area contributed by atoms with E-state index in [4.69, 9.17) is 21.1 Å². The van der Waals surface area contributed by atoms with Crippen LogP contribution in [-0.4, -0.2) is 24.6 Å². The highest BCUT2D eigenvalue weighted by Crippen LogP contribution is 2.24. The summed E-state index contributed by atoms with van der Waals surface area (Å²) in [6, 6.07) is 7.10. The number of carbonyl (C=O) groups is 2. The molecule has 0 radical (unpaired) electrons. The molecule has 0 N–H and O–H groups in total. The predicted molar refractivity (Wildman–Crippen MR) is 91.8 cm³/mol. The fourth-order valence-electron chi connectivity index (χ4n) is 1.88. The second kappa shape index (κ2) is 7.97. The van der Waals surface area contributed by atoms with Gasteiger partial charge in [-0.2, -0.15) is 0 Å². The zero-order valence-electron chi connectivity index (χ0n) is 14.0. The van der Waals surface area contributed by atoms with Gasteiger partial charge in [-0.1, -0.05) is 41.9 Å². The molecule has 0 aromatic heterocycles. The highest BCUT2D eigenvalue weighted by Gasteiger charge is 2.20. The molecule has 0 amide bonds. The molecule has 0 atom stereocenters. The third-order valence-electron chi connectivity index (χ3n) is 2.82. The minimum atomic E-state index is -0.634. The van der Waals surface area contributed by atoms with Crippen molar-refractivity contribution in [2.24, 2.45) is 0 Å². The van der Waals surface area contributed by atoms with Crippen LogP contribution in [0.15, 0.2) is 35.4 Å². The van der Waals surface area contributed by atoms with Gasteiger partial charge in [-0.25, -0.2) is 9.59 Å². The van der Waals surface area contributed by atoms with Crippen LogP contribution in [-0.2, 0) is 19.1 Å². The van der Waals surface area contributed by atoms with E-state index in [-0.39, 0.29) is 5.03 Å². The van der Waals surface area contributed by atoms with E-state index in [1.165, 1.54) is 13.2 Å². The Morgan fingerprint density at radius 3 is 2.26 bits per heavy atom. The minimum absolute atomic E-state index is 0.0623. The van der Waals surface area contributed by atoms with Crippen LogP contribution < -0.4 is 0 Å². The Kier molecular flexibility index (Phi) is 6.58. The van der Waals surface area contributed by atoms with Crippen molar-refractivity contribution in [1.82, 2.24) is 0 Å². The Morgan fingerprint density at radius 1 is 1.13 bits per heavy atom. The molecule has 0 fully saturated rings. The van der Waals surface area contributed by atoms with Gasteiger partial charge in [-0.15, -0.1) is 0 Å². The SMILES string of the molecule is CC=C(C(=O)OC)c1ccccc1C=C(Cl)C(=O)OC(C)(C)C. The molecule has 1 aromatic rings. The number of methoxy groups -OCH3 is 1. The lowest BCUT2D eigenvalue weighted by Crippen LogP contribution is -2.23. The largest absolute Gasteiger partial charge is 0.465 e. The molecule has 0 spiro atoms. The Bertz CT molecular complexity index is 651. The van der Waals surface area contributed by atoms with Crippen LogP contribution in [0.25, 0.3) is 11.6 Å². The lowest BCUT2D eigenvalue weighted by molar-refractivity contribution is -0.148. The summed E-state index contributed by atoms with van der Waals surface area (Å²) in [5.74, 6) is -1.07. The molecule has 124 valence electrons. The fraction of sp³-hybridized carbons (Fsp3) is 0.333. The van der Waals surface area contributed by atoms with Gasteiger partial charge in [-0.05, 0) is 44.9 Å². The topological polar surface area (TPSA) is 52.6 Å². The van der Waals surface area contributed by atoms with Gasteiger partial charge in [0.05, 0.1) is 12.7 Å². The van der Waals surface area contributed by atoms with Crippen LogP contribution >= 0.6 is 11.6 Å². The number of hydrogen-bond donors (Lipinski definition) is 0. The van der Waals surface area contributed by atoms with Crippen LogP contribution in [0.3, 0.4) is 0 Å². The highest BCUT2D eigenvalue weighted by molar-refractivity contribution is 6.43. The smallest absolute Gasteiger partial charge is 0.350 e. The van der Waals surface area contributed by atoms with Gasteiger partial charge in [-0.3, -0.25) is 0 Å². The van der Waals surface area contributed by atoms with Crippen molar-refractivity contribution in [3.63, 3.8) is 0 Å². The number of hydrogen-bond acceptors (Lipinski definition) is 4. The molecule has 0 saturated carbocycles.